The molecule has 22 heavy (non-hydrogen) atoms. The molecule has 0 fully saturated rings. The molecule has 7 heteroatoms. The van der Waals surface area contributed by atoms with Crippen molar-refractivity contribution in [1.29, 1.82) is 0 Å². The van der Waals surface area contributed by atoms with Crippen LogP contribution in [0.1, 0.15) is 0 Å². The molecule has 0 aliphatic carbocycles. The largest absolute Gasteiger partial charge is 0.497 e. The monoisotopic (exact) mass is 338 g/mol. The fourth-order valence-electron chi connectivity index (χ4n) is 1.68. The molecule has 0 spiro atoms. The van der Waals surface area contributed by atoms with Gasteiger partial charge in [0, 0.05) is 10.8 Å². The van der Waals surface area contributed by atoms with Gasteiger partial charge in [-0.1, -0.05) is 18.2 Å². The summed E-state index contributed by atoms with van der Waals surface area (Å²) in [5.74, 6) is 0.514. The molecule has 0 N–H and O–H groups in total. The van der Waals surface area contributed by atoms with Crippen molar-refractivity contribution >= 4 is 19.7 Å². The van der Waals surface area contributed by atoms with Gasteiger partial charge in [0.1, 0.15) is 5.75 Å². The van der Waals surface area contributed by atoms with Crippen LogP contribution >= 0.6 is 0 Å². The van der Waals surface area contributed by atoms with E-state index in [4.69, 9.17) is 4.74 Å². The smallest absolute Gasteiger partial charge is 0.200 e. The molecule has 0 aromatic heterocycles. The van der Waals surface area contributed by atoms with Crippen molar-refractivity contribution in [2.24, 2.45) is 0 Å². The van der Waals surface area contributed by atoms with Crippen LogP contribution in [0.5, 0.6) is 5.75 Å². The Hall–Kier alpha value is -2.12. The van der Waals surface area contributed by atoms with Crippen molar-refractivity contribution < 1.29 is 21.6 Å². The minimum Gasteiger partial charge on any atom is -0.497 e. The first-order valence-corrected chi connectivity index (χ1v) is 9.32. The summed E-state index contributed by atoms with van der Waals surface area (Å²) in [6.45, 7) is 0. The minimum atomic E-state index is -3.84. The maximum absolute atomic E-state index is 12.1. The molecule has 0 saturated carbocycles. The van der Waals surface area contributed by atoms with Crippen LogP contribution in [0.4, 0.5) is 0 Å². The number of rotatable bonds is 5. The maximum atomic E-state index is 12.1. The molecular weight excluding hydrogens is 324 g/mol. The fraction of sp³-hybridized carbons (Fsp3) is 0.0667. The molecule has 2 aromatic rings. The lowest BCUT2D eigenvalue weighted by atomic mass is 10.3. The first kappa shape index (κ1) is 16.3. The van der Waals surface area contributed by atoms with Crippen LogP contribution in [0, 0.1) is 0 Å². The number of sulfone groups is 2. The highest BCUT2D eigenvalue weighted by atomic mass is 32.2. The van der Waals surface area contributed by atoms with Gasteiger partial charge < -0.3 is 4.74 Å². The molecule has 0 radical (unpaired) electrons. The molecule has 2 rings (SSSR count). The summed E-state index contributed by atoms with van der Waals surface area (Å²) in [6.07, 6.45) is 0. The van der Waals surface area contributed by atoms with Gasteiger partial charge in [-0.25, -0.2) is 16.8 Å². The first-order chi connectivity index (χ1) is 10.3. The van der Waals surface area contributed by atoms with Crippen LogP contribution in [0.25, 0.3) is 0 Å². The van der Waals surface area contributed by atoms with E-state index in [0.717, 1.165) is 0 Å². The van der Waals surface area contributed by atoms with Gasteiger partial charge >= 0.3 is 0 Å². The average Bonchev–Trinajstić information content (AvgIpc) is 2.54. The predicted octanol–water partition coefficient (Wildman–Crippen LogP) is 2.41. The highest BCUT2D eigenvalue weighted by molar-refractivity contribution is 7.97. The molecule has 0 atom stereocenters. The van der Waals surface area contributed by atoms with Gasteiger partial charge in [0.2, 0.25) is 19.7 Å². The van der Waals surface area contributed by atoms with E-state index in [1.54, 1.807) is 18.2 Å². The number of methoxy groups -OCH3 is 1. The van der Waals surface area contributed by atoms with Gasteiger partial charge in [0.05, 0.1) is 16.9 Å². The quantitative estimate of drug-likeness (QED) is 0.836. The van der Waals surface area contributed by atoms with Crippen molar-refractivity contribution in [3.63, 3.8) is 0 Å². The van der Waals surface area contributed by atoms with E-state index in [9.17, 15) is 16.8 Å². The van der Waals surface area contributed by atoms with E-state index < -0.39 is 19.7 Å². The summed E-state index contributed by atoms with van der Waals surface area (Å²) < 4.78 is 53.3. The molecule has 0 aliphatic rings. The summed E-state index contributed by atoms with van der Waals surface area (Å²) in [5, 5.41) is 1.39. The molecule has 0 amide bonds. The molecule has 5 nitrogen and oxygen atoms in total. The van der Waals surface area contributed by atoms with Crippen LogP contribution in [-0.2, 0) is 19.7 Å². The normalized spacial score (nSPS) is 12.4. The zero-order chi connectivity index (χ0) is 16.2. The molecule has 0 unspecified atom stereocenters. The molecule has 116 valence electrons. The van der Waals surface area contributed by atoms with E-state index in [-0.39, 0.29) is 9.79 Å². The molecule has 0 aliphatic heterocycles. The summed E-state index contributed by atoms with van der Waals surface area (Å²) in [4.78, 5) is 0.0315. The van der Waals surface area contributed by atoms with Crippen molar-refractivity contribution in [2.45, 2.75) is 9.79 Å². The SMILES string of the molecule is COc1ccc(S(=O)(=O)/C=C/S(=O)(=O)c2ccccc2)cc1. The maximum Gasteiger partial charge on any atom is 0.200 e. The number of hydrogen-bond acceptors (Lipinski definition) is 5. The fourth-order valence-corrected chi connectivity index (χ4v) is 4.22. The summed E-state index contributed by atoms with van der Waals surface area (Å²) >= 11 is 0. The van der Waals surface area contributed by atoms with E-state index in [1.165, 1.54) is 43.5 Å². The number of hydrogen-bond donors (Lipinski definition) is 0. The Morgan fingerprint density at radius 2 is 1.18 bits per heavy atom. The topological polar surface area (TPSA) is 77.5 Å². The number of ether oxygens (including phenoxy) is 1. The Morgan fingerprint density at radius 3 is 1.64 bits per heavy atom. The molecule has 0 heterocycles. The highest BCUT2D eigenvalue weighted by Gasteiger charge is 2.14. The van der Waals surface area contributed by atoms with Gasteiger partial charge in [-0.15, -0.1) is 0 Å². The standard InChI is InChI=1S/C15H14O5S2/c1-20-13-7-9-15(10-8-13)22(18,19)12-11-21(16,17)14-5-3-2-4-6-14/h2-12H,1H3/b12-11+. The lowest BCUT2D eigenvalue weighted by molar-refractivity contribution is 0.414. The Bertz CT molecular complexity index is 865. The van der Waals surface area contributed by atoms with Gasteiger partial charge in [-0.3, -0.25) is 0 Å². The van der Waals surface area contributed by atoms with E-state index in [1.807, 2.05) is 0 Å². The van der Waals surface area contributed by atoms with E-state index in [2.05, 4.69) is 0 Å². The first-order valence-electron chi connectivity index (χ1n) is 6.22. The zero-order valence-corrected chi connectivity index (χ0v) is 13.3. The lowest BCUT2D eigenvalue weighted by Crippen LogP contribution is -2.00. The lowest BCUT2D eigenvalue weighted by Gasteiger charge is -2.02. The van der Waals surface area contributed by atoms with Crippen molar-refractivity contribution in [2.75, 3.05) is 7.11 Å². The third kappa shape index (κ3) is 3.75. The summed E-state index contributed by atoms with van der Waals surface area (Å²) in [6, 6.07) is 13.3. The minimum absolute atomic E-state index is 0.00666. The Labute approximate surface area is 129 Å². The van der Waals surface area contributed by atoms with Crippen LogP contribution in [0.3, 0.4) is 0 Å². The van der Waals surface area contributed by atoms with Gasteiger partial charge in [-0.05, 0) is 36.4 Å². The van der Waals surface area contributed by atoms with Gasteiger partial charge in [0.25, 0.3) is 0 Å². The second kappa shape index (κ2) is 6.33. The zero-order valence-electron chi connectivity index (χ0n) is 11.7. The average molecular weight is 338 g/mol. The highest BCUT2D eigenvalue weighted by Crippen LogP contribution is 2.19. The molecule has 0 bridgehead atoms. The van der Waals surface area contributed by atoms with Crippen molar-refractivity contribution in [3.8, 4) is 5.75 Å². The number of benzene rings is 2. The van der Waals surface area contributed by atoms with Crippen LogP contribution in [-0.4, -0.2) is 23.9 Å². The van der Waals surface area contributed by atoms with Crippen LogP contribution in [0.15, 0.2) is 75.2 Å². The van der Waals surface area contributed by atoms with Gasteiger partial charge in [0.15, 0.2) is 0 Å². The Morgan fingerprint density at radius 1 is 0.727 bits per heavy atom. The van der Waals surface area contributed by atoms with E-state index >= 15 is 0 Å². The predicted molar refractivity (Wildman–Crippen MR) is 82.9 cm³/mol. The molecule has 2 aromatic carbocycles. The second-order valence-corrected chi connectivity index (χ2v) is 8.02. The van der Waals surface area contributed by atoms with Crippen molar-refractivity contribution in [1.82, 2.24) is 0 Å². The summed E-state index contributed by atoms with van der Waals surface area (Å²) in [5.41, 5.74) is 0. The second-order valence-electron chi connectivity index (χ2n) is 4.35. The third-order valence-corrected chi connectivity index (χ3v) is 5.89. The van der Waals surface area contributed by atoms with E-state index in [0.29, 0.717) is 16.6 Å². The van der Waals surface area contributed by atoms with Crippen LogP contribution in [0.2, 0.25) is 0 Å². The molecule has 0 saturated heterocycles. The van der Waals surface area contributed by atoms with Crippen molar-refractivity contribution in [3.05, 3.63) is 65.4 Å². The Kier molecular flexibility index (Phi) is 4.68. The third-order valence-electron chi connectivity index (χ3n) is 2.87. The van der Waals surface area contributed by atoms with Crippen LogP contribution < -0.4 is 4.74 Å². The summed E-state index contributed by atoms with van der Waals surface area (Å²) in [7, 11) is -6.17. The molecular formula is C15H14O5S2. The van der Waals surface area contributed by atoms with Gasteiger partial charge in [-0.2, -0.15) is 0 Å². The Balaban J connectivity index is 2.31.